The molecule has 2 atom stereocenters. The van der Waals surface area contributed by atoms with Crippen LogP contribution in [0.3, 0.4) is 0 Å². The molecule has 0 bridgehead atoms. The molecule has 0 radical (unpaired) electrons. The standard InChI is InChI=1S/C16H17F2N5O/c1-24-9-2-3-13(19)10(4-9)16(20)14-5-15(22-8-21-14)23-6-11(17)12(18)7-23/h2-5,8,11-12,20H,6-7,19H2,1H3. The molecular weight excluding hydrogens is 316 g/mol. The fraction of sp³-hybridized carbons (Fsp3) is 0.312. The van der Waals surface area contributed by atoms with Crippen molar-refractivity contribution in [2.75, 3.05) is 30.8 Å². The third-order valence-corrected chi connectivity index (χ3v) is 3.94. The number of rotatable bonds is 4. The number of aromatic nitrogens is 2. The molecule has 0 amide bonds. The Hall–Kier alpha value is -2.77. The molecule has 2 heterocycles. The maximum atomic E-state index is 13.4. The van der Waals surface area contributed by atoms with Crippen molar-refractivity contribution >= 4 is 17.2 Å². The van der Waals surface area contributed by atoms with E-state index in [2.05, 4.69) is 9.97 Å². The fourth-order valence-electron chi connectivity index (χ4n) is 2.58. The molecule has 0 saturated carbocycles. The molecule has 2 aromatic rings. The van der Waals surface area contributed by atoms with Gasteiger partial charge < -0.3 is 15.4 Å². The zero-order chi connectivity index (χ0) is 17.3. The number of hydrogen-bond donors (Lipinski definition) is 2. The Bertz CT molecular complexity index is 760. The number of nitrogens with zero attached hydrogens (tertiary/aromatic N) is 3. The molecule has 24 heavy (non-hydrogen) atoms. The average molecular weight is 333 g/mol. The largest absolute Gasteiger partial charge is 0.497 e. The van der Waals surface area contributed by atoms with E-state index < -0.39 is 12.3 Å². The van der Waals surface area contributed by atoms with Crippen molar-refractivity contribution in [2.24, 2.45) is 0 Å². The third-order valence-electron chi connectivity index (χ3n) is 3.94. The van der Waals surface area contributed by atoms with Crippen molar-refractivity contribution < 1.29 is 13.5 Å². The van der Waals surface area contributed by atoms with E-state index in [4.69, 9.17) is 15.9 Å². The Morgan fingerprint density at radius 3 is 2.62 bits per heavy atom. The fourth-order valence-corrected chi connectivity index (χ4v) is 2.58. The Balaban J connectivity index is 1.90. The minimum atomic E-state index is -1.53. The van der Waals surface area contributed by atoms with Crippen LogP contribution in [0.4, 0.5) is 20.3 Å². The number of methoxy groups -OCH3 is 1. The van der Waals surface area contributed by atoms with Crippen molar-refractivity contribution in [3.63, 3.8) is 0 Å². The lowest BCUT2D eigenvalue weighted by Gasteiger charge is -2.16. The van der Waals surface area contributed by atoms with Gasteiger partial charge in [-0.15, -0.1) is 0 Å². The molecule has 1 aromatic heterocycles. The molecular formula is C16H17F2N5O. The van der Waals surface area contributed by atoms with Crippen molar-refractivity contribution in [1.82, 2.24) is 9.97 Å². The highest BCUT2D eigenvalue weighted by molar-refractivity contribution is 6.13. The quantitative estimate of drug-likeness (QED) is 0.660. The molecule has 2 unspecified atom stereocenters. The Morgan fingerprint density at radius 1 is 1.25 bits per heavy atom. The van der Waals surface area contributed by atoms with Gasteiger partial charge in [0, 0.05) is 17.3 Å². The minimum absolute atomic E-state index is 0.0632. The van der Waals surface area contributed by atoms with E-state index in [1.807, 2.05) is 0 Å². The predicted octanol–water partition coefficient (Wildman–Crippen LogP) is 1.98. The summed E-state index contributed by atoms with van der Waals surface area (Å²) < 4.78 is 31.9. The molecule has 1 saturated heterocycles. The molecule has 0 spiro atoms. The van der Waals surface area contributed by atoms with Crippen molar-refractivity contribution in [3.8, 4) is 5.75 Å². The Labute approximate surface area is 137 Å². The van der Waals surface area contributed by atoms with E-state index in [1.54, 1.807) is 18.2 Å². The molecule has 3 N–H and O–H groups in total. The Morgan fingerprint density at radius 2 is 1.96 bits per heavy atom. The smallest absolute Gasteiger partial charge is 0.150 e. The number of hydrogen-bond acceptors (Lipinski definition) is 6. The van der Waals surface area contributed by atoms with Gasteiger partial charge in [0.05, 0.1) is 31.6 Å². The highest BCUT2D eigenvalue weighted by Gasteiger charge is 2.33. The molecule has 8 heteroatoms. The second kappa shape index (κ2) is 6.38. The highest BCUT2D eigenvalue weighted by atomic mass is 19.2. The van der Waals surface area contributed by atoms with Gasteiger partial charge >= 0.3 is 0 Å². The molecule has 1 aromatic carbocycles. The zero-order valence-corrected chi connectivity index (χ0v) is 13.0. The Kier molecular flexibility index (Phi) is 4.28. The van der Waals surface area contributed by atoms with Crippen LogP contribution < -0.4 is 15.4 Å². The lowest BCUT2D eigenvalue weighted by atomic mass is 10.0. The van der Waals surface area contributed by atoms with Crippen LogP contribution in [0, 0.1) is 5.41 Å². The molecule has 6 nitrogen and oxygen atoms in total. The van der Waals surface area contributed by atoms with Crippen molar-refractivity contribution in [2.45, 2.75) is 12.3 Å². The number of benzene rings is 1. The first kappa shape index (κ1) is 16.1. The van der Waals surface area contributed by atoms with Gasteiger partial charge in [-0.25, -0.2) is 18.7 Å². The van der Waals surface area contributed by atoms with E-state index >= 15 is 0 Å². The summed E-state index contributed by atoms with van der Waals surface area (Å²) >= 11 is 0. The van der Waals surface area contributed by atoms with Crippen LogP contribution in [0.5, 0.6) is 5.75 Å². The minimum Gasteiger partial charge on any atom is -0.497 e. The number of nitrogens with two attached hydrogens (primary N) is 1. The van der Waals surface area contributed by atoms with Gasteiger partial charge in [0.25, 0.3) is 0 Å². The third kappa shape index (κ3) is 2.99. The number of anilines is 2. The molecule has 0 aliphatic carbocycles. The van der Waals surface area contributed by atoms with Crippen LogP contribution >= 0.6 is 0 Å². The summed E-state index contributed by atoms with van der Waals surface area (Å²) in [6.07, 6.45) is -1.79. The van der Waals surface area contributed by atoms with Gasteiger partial charge in [-0.3, -0.25) is 5.41 Å². The molecule has 1 fully saturated rings. The summed E-state index contributed by atoms with van der Waals surface area (Å²) in [6, 6.07) is 6.52. The van der Waals surface area contributed by atoms with Crippen LogP contribution in [-0.2, 0) is 0 Å². The molecule has 3 rings (SSSR count). The maximum Gasteiger partial charge on any atom is 0.150 e. The first-order chi connectivity index (χ1) is 11.5. The van der Waals surface area contributed by atoms with Crippen LogP contribution in [0.1, 0.15) is 11.3 Å². The summed E-state index contributed by atoms with van der Waals surface area (Å²) in [5.74, 6) is 0.951. The van der Waals surface area contributed by atoms with E-state index in [0.29, 0.717) is 28.5 Å². The van der Waals surface area contributed by atoms with Gasteiger partial charge in [-0.1, -0.05) is 0 Å². The first-order valence-electron chi connectivity index (χ1n) is 7.37. The second-order valence-electron chi connectivity index (χ2n) is 5.53. The van der Waals surface area contributed by atoms with Gasteiger partial charge in [0.2, 0.25) is 0 Å². The zero-order valence-electron chi connectivity index (χ0n) is 13.0. The van der Waals surface area contributed by atoms with Crippen LogP contribution in [0.25, 0.3) is 0 Å². The van der Waals surface area contributed by atoms with Gasteiger partial charge in [-0.05, 0) is 18.2 Å². The maximum absolute atomic E-state index is 13.4. The monoisotopic (exact) mass is 333 g/mol. The lowest BCUT2D eigenvalue weighted by molar-refractivity contribution is 0.217. The van der Waals surface area contributed by atoms with E-state index in [0.717, 1.165) is 0 Å². The van der Waals surface area contributed by atoms with Gasteiger partial charge in [0.1, 0.15) is 17.9 Å². The molecule has 1 aliphatic rings. The summed E-state index contributed by atoms with van der Waals surface area (Å²) in [6.45, 7) is -0.126. The number of alkyl halides is 2. The number of halogens is 2. The van der Waals surface area contributed by atoms with Gasteiger partial charge in [-0.2, -0.15) is 0 Å². The van der Waals surface area contributed by atoms with E-state index in [-0.39, 0.29) is 18.8 Å². The normalized spacial score (nSPS) is 20.2. The SMILES string of the molecule is COc1ccc(N)c(C(=N)c2cc(N3CC(F)C(F)C3)ncn2)c1. The van der Waals surface area contributed by atoms with Crippen molar-refractivity contribution in [1.29, 1.82) is 5.41 Å². The first-order valence-corrected chi connectivity index (χ1v) is 7.37. The van der Waals surface area contributed by atoms with Crippen molar-refractivity contribution in [3.05, 3.63) is 41.9 Å². The lowest BCUT2D eigenvalue weighted by Crippen LogP contribution is -2.22. The number of ether oxygens (including phenoxy) is 1. The summed E-state index contributed by atoms with van der Waals surface area (Å²) in [7, 11) is 1.52. The van der Waals surface area contributed by atoms with Gasteiger partial charge in [0.15, 0.2) is 12.3 Å². The predicted molar refractivity (Wildman–Crippen MR) is 87.4 cm³/mol. The van der Waals surface area contributed by atoms with E-state index in [9.17, 15) is 8.78 Å². The summed E-state index contributed by atoms with van der Waals surface area (Å²) in [4.78, 5) is 9.63. The second-order valence-corrected chi connectivity index (χ2v) is 5.53. The summed E-state index contributed by atoms with van der Waals surface area (Å²) in [5.41, 5.74) is 7.21. The van der Waals surface area contributed by atoms with E-state index in [1.165, 1.54) is 24.4 Å². The number of nitrogens with one attached hydrogen (secondary N) is 1. The molecule has 126 valence electrons. The highest BCUT2D eigenvalue weighted by Crippen LogP contribution is 2.25. The van der Waals surface area contributed by atoms with Crippen LogP contribution in [0.15, 0.2) is 30.6 Å². The summed E-state index contributed by atoms with van der Waals surface area (Å²) in [5, 5.41) is 8.34. The average Bonchev–Trinajstić information content (AvgIpc) is 2.94. The topological polar surface area (TPSA) is 88.1 Å². The number of nitrogen functional groups attached to an aromatic ring is 1. The molecule has 1 aliphatic heterocycles. The van der Waals surface area contributed by atoms with Crippen LogP contribution in [0.2, 0.25) is 0 Å². The van der Waals surface area contributed by atoms with Crippen LogP contribution in [-0.4, -0.2) is 48.2 Å².